The highest BCUT2D eigenvalue weighted by Gasteiger charge is 2.36. The molecular formula is C27H32N2O5. The summed E-state index contributed by atoms with van der Waals surface area (Å²) in [5.41, 5.74) is 4.72. The molecule has 7 nitrogen and oxygen atoms in total. The number of aliphatic carboxylic acids is 1. The summed E-state index contributed by atoms with van der Waals surface area (Å²) >= 11 is 0. The summed E-state index contributed by atoms with van der Waals surface area (Å²) in [7, 11) is 0. The second-order valence-electron chi connectivity index (χ2n) is 9.57. The predicted molar refractivity (Wildman–Crippen MR) is 128 cm³/mol. The second-order valence-corrected chi connectivity index (χ2v) is 9.57. The largest absolute Gasteiger partial charge is 0.481 e. The van der Waals surface area contributed by atoms with Crippen molar-refractivity contribution >= 4 is 18.0 Å². The van der Waals surface area contributed by atoms with Gasteiger partial charge in [-0.05, 0) is 40.5 Å². The van der Waals surface area contributed by atoms with Crippen molar-refractivity contribution in [1.82, 2.24) is 10.2 Å². The van der Waals surface area contributed by atoms with Crippen molar-refractivity contribution < 1.29 is 24.2 Å². The van der Waals surface area contributed by atoms with E-state index in [2.05, 4.69) is 29.6 Å². The number of carbonyl (C=O) groups is 3. The van der Waals surface area contributed by atoms with Crippen LogP contribution in [0.5, 0.6) is 0 Å². The first-order chi connectivity index (χ1) is 16.3. The molecule has 3 unspecified atom stereocenters. The number of ether oxygens (including phenoxy) is 1. The van der Waals surface area contributed by atoms with Gasteiger partial charge in [-0.2, -0.15) is 0 Å². The standard InChI is InChI=1S/C27H32N2O5/c1-17(11-12-25(30)29-14-18(2)23(15-29)26(31)32)13-28-27(33)34-16-24-21-9-5-3-7-19(21)20-8-4-6-10-22(20)24/h3-10,17-18,23-24H,11-16H2,1-2H3,(H,28,33)(H,31,32). The third-order valence-electron chi connectivity index (χ3n) is 7.07. The van der Waals surface area contributed by atoms with E-state index >= 15 is 0 Å². The van der Waals surface area contributed by atoms with Crippen LogP contribution >= 0.6 is 0 Å². The van der Waals surface area contributed by atoms with E-state index in [9.17, 15) is 19.5 Å². The summed E-state index contributed by atoms with van der Waals surface area (Å²) in [5, 5.41) is 12.1. The Balaban J connectivity index is 1.21. The zero-order valence-corrected chi connectivity index (χ0v) is 19.7. The highest BCUT2D eigenvalue weighted by Crippen LogP contribution is 2.44. The van der Waals surface area contributed by atoms with Gasteiger partial charge in [0, 0.05) is 32.0 Å². The minimum atomic E-state index is -0.844. The average molecular weight is 465 g/mol. The maximum Gasteiger partial charge on any atom is 0.407 e. The Hall–Kier alpha value is -3.35. The summed E-state index contributed by atoms with van der Waals surface area (Å²) in [6.45, 7) is 5.29. The molecule has 1 aliphatic carbocycles. The normalized spacial score (nSPS) is 19.9. The van der Waals surface area contributed by atoms with Crippen LogP contribution in [0.25, 0.3) is 11.1 Å². The number of carboxylic acids is 1. The van der Waals surface area contributed by atoms with Crippen LogP contribution in [0.3, 0.4) is 0 Å². The fraction of sp³-hybridized carbons (Fsp3) is 0.444. The number of likely N-dealkylation sites (tertiary alicyclic amines) is 1. The number of hydrogen-bond acceptors (Lipinski definition) is 4. The van der Waals surface area contributed by atoms with Gasteiger partial charge in [0.25, 0.3) is 0 Å². The molecule has 0 saturated carbocycles. The van der Waals surface area contributed by atoms with Crippen molar-refractivity contribution in [2.24, 2.45) is 17.8 Å². The molecule has 4 rings (SSSR count). The van der Waals surface area contributed by atoms with Crippen LogP contribution in [-0.4, -0.2) is 54.2 Å². The maximum atomic E-state index is 12.5. The summed E-state index contributed by atoms with van der Waals surface area (Å²) in [5.74, 6) is -1.27. The third-order valence-corrected chi connectivity index (χ3v) is 7.07. The van der Waals surface area contributed by atoms with E-state index in [4.69, 9.17) is 4.74 Å². The van der Waals surface area contributed by atoms with E-state index in [1.807, 2.05) is 38.1 Å². The Morgan fingerprint density at radius 1 is 1.06 bits per heavy atom. The van der Waals surface area contributed by atoms with Gasteiger partial charge in [0.05, 0.1) is 5.92 Å². The molecule has 0 aromatic heterocycles. The van der Waals surface area contributed by atoms with Crippen molar-refractivity contribution in [2.75, 3.05) is 26.2 Å². The van der Waals surface area contributed by atoms with E-state index in [-0.39, 0.29) is 36.8 Å². The fourth-order valence-corrected chi connectivity index (χ4v) is 5.03. The minimum Gasteiger partial charge on any atom is -0.481 e. The number of nitrogens with one attached hydrogen (secondary N) is 1. The van der Waals surface area contributed by atoms with Crippen LogP contribution in [0.15, 0.2) is 48.5 Å². The molecule has 1 fully saturated rings. The molecule has 0 spiro atoms. The smallest absolute Gasteiger partial charge is 0.407 e. The minimum absolute atomic E-state index is 0.0191. The number of amides is 2. The van der Waals surface area contributed by atoms with Crippen LogP contribution < -0.4 is 5.32 Å². The van der Waals surface area contributed by atoms with E-state index < -0.39 is 18.0 Å². The highest BCUT2D eigenvalue weighted by atomic mass is 16.5. The van der Waals surface area contributed by atoms with E-state index in [1.54, 1.807) is 4.90 Å². The van der Waals surface area contributed by atoms with Gasteiger partial charge in [0.2, 0.25) is 5.91 Å². The number of fused-ring (bicyclic) bond motifs is 3. The van der Waals surface area contributed by atoms with Crippen LogP contribution in [0.2, 0.25) is 0 Å². The van der Waals surface area contributed by atoms with Gasteiger partial charge >= 0.3 is 12.1 Å². The summed E-state index contributed by atoms with van der Waals surface area (Å²) in [6.07, 6.45) is 0.496. The van der Waals surface area contributed by atoms with Gasteiger partial charge in [-0.1, -0.05) is 62.4 Å². The van der Waals surface area contributed by atoms with Gasteiger partial charge in [-0.3, -0.25) is 9.59 Å². The molecular weight excluding hydrogens is 432 g/mol. The van der Waals surface area contributed by atoms with Crippen LogP contribution in [0, 0.1) is 17.8 Å². The van der Waals surface area contributed by atoms with Crippen molar-refractivity contribution in [1.29, 1.82) is 0 Å². The molecule has 1 saturated heterocycles. The Morgan fingerprint density at radius 2 is 1.68 bits per heavy atom. The van der Waals surface area contributed by atoms with Gasteiger partial charge in [-0.25, -0.2) is 4.79 Å². The quantitative estimate of drug-likeness (QED) is 0.613. The first kappa shape index (κ1) is 23.8. The van der Waals surface area contributed by atoms with E-state index in [0.717, 1.165) is 0 Å². The average Bonchev–Trinajstić information content (AvgIpc) is 3.38. The highest BCUT2D eigenvalue weighted by molar-refractivity contribution is 5.80. The van der Waals surface area contributed by atoms with Crippen LogP contribution in [0.1, 0.15) is 43.7 Å². The number of hydrogen-bond donors (Lipinski definition) is 2. The van der Waals surface area contributed by atoms with Crippen LogP contribution in [-0.2, 0) is 14.3 Å². The molecule has 0 bridgehead atoms. The van der Waals surface area contributed by atoms with Crippen molar-refractivity contribution in [3.63, 3.8) is 0 Å². The molecule has 2 N–H and O–H groups in total. The number of carboxylic acid groups (broad SMARTS) is 1. The lowest BCUT2D eigenvalue weighted by Crippen LogP contribution is -2.32. The maximum absolute atomic E-state index is 12.5. The van der Waals surface area contributed by atoms with E-state index in [0.29, 0.717) is 25.9 Å². The van der Waals surface area contributed by atoms with Crippen LogP contribution in [0.4, 0.5) is 4.79 Å². The third kappa shape index (κ3) is 5.08. The number of nitrogens with zero attached hydrogens (tertiary/aromatic N) is 1. The zero-order chi connectivity index (χ0) is 24.2. The molecule has 2 amide bonds. The molecule has 3 atom stereocenters. The SMILES string of the molecule is CC(CCC(=O)N1CC(C)C(C(=O)O)C1)CNC(=O)OCC1c2ccccc2-c2ccccc21. The molecule has 7 heteroatoms. The first-order valence-electron chi connectivity index (χ1n) is 11.9. The van der Waals surface area contributed by atoms with Gasteiger partial charge in [0.15, 0.2) is 0 Å². The number of rotatable bonds is 8. The number of alkyl carbamates (subject to hydrolysis) is 1. The number of benzene rings is 2. The Kier molecular flexibility index (Phi) is 7.20. The lowest BCUT2D eigenvalue weighted by atomic mass is 9.98. The zero-order valence-electron chi connectivity index (χ0n) is 19.7. The first-order valence-corrected chi connectivity index (χ1v) is 11.9. The molecule has 1 heterocycles. The molecule has 1 aliphatic heterocycles. The monoisotopic (exact) mass is 464 g/mol. The van der Waals surface area contributed by atoms with Gasteiger partial charge in [0.1, 0.15) is 6.61 Å². The summed E-state index contributed by atoms with van der Waals surface area (Å²) in [4.78, 5) is 37.7. The molecule has 2 aliphatic rings. The Bertz CT molecular complexity index is 1020. The second kappa shape index (κ2) is 10.3. The Labute approximate surface area is 200 Å². The molecule has 2 aromatic carbocycles. The van der Waals surface area contributed by atoms with Crippen molar-refractivity contribution in [2.45, 2.75) is 32.6 Å². The lowest BCUT2D eigenvalue weighted by molar-refractivity contribution is -0.142. The molecule has 0 radical (unpaired) electrons. The summed E-state index contributed by atoms with van der Waals surface area (Å²) in [6, 6.07) is 16.4. The predicted octanol–water partition coefficient (Wildman–Crippen LogP) is 4.12. The fourth-order valence-electron chi connectivity index (χ4n) is 5.03. The lowest BCUT2D eigenvalue weighted by Gasteiger charge is -2.18. The Morgan fingerprint density at radius 3 is 2.26 bits per heavy atom. The van der Waals surface area contributed by atoms with Crippen molar-refractivity contribution in [3.05, 3.63) is 59.7 Å². The molecule has 2 aromatic rings. The summed E-state index contributed by atoms with van der Waals surface area (Å²) < 4.78 is 5.56. The van der Waals surface area contributed by atoms with Crippen molar-refractivity contribution in [3.8, 4) is 11.1 Å². The number of carbonyl (C=O) groups excluding carboxylic acids is 2. The van der Waals surface area contributed by atoms with Gasteiger partial charge in [-0.15, -0.1) is 0 Å². The topological polar surface area (TPSA) is 95.9 Å². The molecule has 34 heavy (non-hydrogen) atoms. The van der Waals surface area contributed by atoms with Gasteiger partial charge < -0.3 is 20.1 Å². The van der Waals surface area contributed by atoms with E-state index in [1.165, 1.54) is 22.3 Å². The molecule has 180 valence electrons.